The summed E-state index contributed by atoms with van der Waals surface area (Å²) in [4.78, 5) is 27.3. The maximum absolute atomic E-state index is 11.9. The summed E-state index contributed by atoms with van der Waals surface area (Å²) in [5.41, 5.74) is 1.12. The molecule has 2 fully saturated rings. The van der Waals surface area contributed by atoms with Crippen LogP contribution >= 0.6 is 0 Å². The summed E-state index contributed by atoms with van der Waals surface area (Å²) >= 11 is 0. The zero-order valence-electron chi connectivity index (χ0n) is 12.1. The Bertz CT molecular complexity index is 546. The molecule has 2 aliphatic heterocycles. The first-order valence-corrected chi connectivity index (χ1v) is 7.32. The van der Waals surface area contributed by atoms with Gasteiger partial charge in [-0.1, -0.05) is 30.3 Å². The Balaban J connectivity index is 1.88. The molecular formula is C16H20N2O3. The SMILES string of the molecule is CC(=O)N1C[C@H]2CN(C(=O)CO)C[C@H]2[C@H]1c1ccccc1. The molecule has 112 valence electrons. The Kier molecular flexibility index (Phi) is 3.68. The second-order valence-corrected chi connectivity index (χ2v) is 5.91. The summed E-state index contributed by atoms with van der Waals surface area (Å²) in [6, 6.07) is 10.0. The predicted octanol–water partition coefficient (Wildman–Crippen LogP) is 0.657. The zero-order chi connectivity index (χ0) is 15.0. The molecule has 0 bridgehead atoms. The maximum Gasteiger partial charge on any atom is 0.248 e. The van der Waals surface area contributed by atoms with Crippen molar-refractivity contribution in [3.05, 3.63) is 35.9 Å². The minimum Gasteiger partial charge on any atom is -0.387 e. The van der Waals surface area contributed by atoms with E-state index in [2.05, 4.69) is 0 Å². The van der Waals surface area contributed by atoms with E-state index in [4.69, 9.17) is 5.11 Å². The lowest BCUT2D eigenvalue weighted by molar-refractivity contribution is -0.134. The number of aliphatic hydroxyl groups is 1. The maximum atomic E-state index is 11.9. The molecule has 0 unspecified atom stereocenters. The fraction of sp³-hybridized carbons (Fsp3) is 0.500. The fourth-order valence-corrected chi connectivity index (χ4v) is 3.75. The average Bonchev–Trinajstić information content (AvgIpc) is 3.04. The molecule has 2 aliphatic rings. The standard InChI is InChI=1S/C16H20N2O3/c1-11(20)18-8-13-7-17(15(21)10-19)9-14(13)16(18)12-5-3-2-4-6-12/h2-6,13-14,16,19H,7-10H2,1H3/t13-,14-,16-/m1/s1. The third kappa shape index (κ3) is 2.42. The highest BCUT2D eigenvalue weighted by Gasteiger charge is 2.49. The fourth-order valence-electron chi connectivity index (χ4n) is 3.75. The summed E-state index contributed by atoms with van der Waals surface area (Å²) in [5, 5.41) is 9.03. The van der Waals surface area contributed by atoms with Crippen molar-refractivity contribution in [2.45, 2.75) is 13.0 Å². The molecule has 2 saturated heterocycles. The van der Waals surface area contributed by atoms with Crippen LogP contribution in [0.25, 0.3) is 0 Å². The summed E-state index contributed by atoms with van der Waals surface area (Å²) in [7, 11) is 0. The Labute approximate surface area is 124 Å². The molecule has 5 nitrogen and oxygen atoms in total. The van der Waals surface area contributed by atoms with Crippen molar-refractivity contribution in [3.63, 3.8) is 0 Å². The van der Waals surface area contributed by atoms with Crippen molar-refractivity contribution in [1.82, 2.24) is 9.80 Å². The van der Waals surface area contributed by atoms with Crippen LogP contribution in [-0.2, 0) is 9.59 Å². The number of carbonyl (C=O) groups excluding carboxylic acids is 2. The second kappa shape index (κ2) is 5.48. The molecule has 21 heavy (non-hydrogen) atoms. The van der Waals surface area contributed by atoms with Gasteiger partial charge in [-0.3, -0.25) is 9.59 Å². The average molecular weight is 288 g/mol. The van der Waals surface area contributed by atoms with Crippen molar-refractivity contribution >= 4 is 11.8 Å². The Hall–Kier alpha value is -1.88. The number of amides is 2. The molecule has 2 heterocycles. The van der Waals surface area contributed by atoms with Gasteiger partial charge in [0.1, 0.15) is 6.61 Å². The molecule has 1 aromatic carbocycles. The van der Waals surface area contributed by atoms with Gasteiger partial charge in [-0.15, -0.1) is 0 Å². The zero-order valence-corrected chi connectivity index (χ0v) is 12.1. The number of carbonyl (C=O) groups is 2. The van der Waals surface area contributed by atoms with Gasteiger partial charge in [0.05, 0.1) is 6.04 Å². The molecule has 0 radical (unpaired) electrons. The normalized spacial score (nSPS) is 27.8. The van der Waals surface area contributed by atoms with Gasteiger partial charge in [-0.25, -0.2) is 0 Å². The Morgan fingerprint density at radius 3 is 2.52 bits per heavy atom. The summed E-state index contributed by atoms with van der Waals surface area (Å²) in [6.07, 6.45) is 0. The molecule has 0 aromatic heterocycles. The van der Waals surface area contributed by atoms with E-state index in [1.54, 1.807) is 11.8 Å². The van der Waals surface area contributed by atoms with Gasteiger partial charge in [0.2, 0.25) is 11.8 Å². The van der Waals surface area contributed by atoms with E-state index >= 15 is 0 Å². The third-order valence-electron chi connectivity index (χ3n) is 4.70. The number of aliphatic hydroxyl groups excluding tert-OH is 1. The van der Waals surface area contributed by atoms with Crippen LogP contribution in [0.4, 0.5) is 0 Å². The van der Waals surface area contributed by atoms with Crippen LogP contribution in [0.2, 0.25) is 0 Å². The summed E-state index contributed by atoms with van der Waals surface area (Å²) in [5.74, 6) is 0.422. The number of fused-ring (bicyclic) bond motifs is 1. The van der Waals surface area contributed by atoms with Gasteiger partial charge < -0.3 is 14.9 Å². The predicted molar refractivity (Wildman–Crippen MR) is 77.2 cm³/mol. The summed E-state index contributed by atoms with van der Waals surface area (Å²) < 4.78 is 0. The highest BCUT2D eigenvalue weighted by atomic mass is 16.3. The highest BCUT2D eigenvalue weighted by Crippen LogP contribution is 2.44. The van der Waals surface area contributed by atoms with Crippen LogP contribution < -0.4 is 0 Å². The lowest BCUT2D eigenvalue weighted by atomic mass is 9.89. The number of benzene rings is 1. The van der Waals surface area contributed by atoms with Crippen molar-refractivity contribution < 1.29 is 14.7 Å². The first kappa shape index (κ1) is 14.1. The number of nitrogens with zero attached hydrogens (tertiary/aromatic N) is 2. The van der Waals surface area contributed by atoms with Crippen LogP contribution in [0.15, 0.2) is 30.3 Å². The molecule has 0 aliphatic carbocycles. The topological polar surface area (TPSA) is 60.9 Å². The smallest absolute Gasteiger partial charge is 0.248 e. The van der Waals surface area contributed by atoms with Crippen molar-refractivity contribution in [1.29, 1.82) is 0 Å². The first-order chi connectivity index (χ1) is 10.1. The van der Waals surface area contributed by atoms with Crippen molar-refractivity contribution in [3.8, 4) is 0 Å². The van der Waals surface area contributed by atoms with Crippen LogP contribution in [0.5, 0.6) is 0 Å². The van der Waals surface area contributed by atoms with Crippen LogP contribution in [0.3, 0.4) is 0 Å². The number of likely N-dealkylation sites (tertiary alicyclic amines) is 2. The van der Waals surface area contributed by atoms with E-state index in [-0.39, 0.29) is 23.8 Å². The molecule has 0 spiro atoms. The van der Waals surface area contributed by atoms with Gasteiger partial charge in [-0.05, 0) is 5.56 Å². The molecule has 2 amide bonds. The Morgan fingerprint density at radius 1 is 1.19 bits per heavy atom. The van der Waals surface area contributed by atoms with Crippen molar-refractivity contribution in [2.75, 3.05) is 26.2 Å². The summed E-state index contributed by atoms with van der Waals surface area (Å²) in [6.45, 7) is 3.11. The molecule has 3 atom stereocenters. The monoisotopic (exact) mass is 288 g/mol. The quantitative estimate of drug-likeness (QED) is 0.869. The van der Waals surface area contributed by atoms with E-state index in [0.29, 0.717) is 25.6 Å². The number of hydrogen-bond acceptors (Lipinski definition) is 3. The van der Waals surface area contributed by atoms with Gasteiger partial charge >= 0.3 is 0 Å². The minimum absolute atomic E-state index is 0.0326. The van der Waals surface area contributed by atoms with Crippen molar-refractivity contribution in [2.24, 2.45) is 11.8 Å². The molecule has 5 heteroatoms. The van der Waals surface area contributed by atoms with Crippen LogP contribution in [0, 0.1) is 11.8 Å². The number of hydrogen-bond donors (Lipinski definition) is 1. The van der Waals surface area contributed by atoms with Gasteiger partial charge in [-0.2, -0.15) is 0 Å². The van der Waals surface area contributed by atoms with Gasteiger partial charge in [0.25, 0.3) is 0 Å². The third-order valence-corrected chi connectivity index (χ3v) is 4.70. The second-order valence-electron chi connectivity index (χ2n) is 5.91. The molecule has 1 N–H and O–H groups in total. The Morgan fingerprint density at radius 2 is 1.90 bits per heavy atom. The number of rotatable bonds is 2. The van der Waals surface area contributed by atoms with E-state index in [1.165, 1.54) is 0 Å². The first-order valence-electron chi connectivity index (χ1n) is 7.32. The lowest BCUT2D eigenvalue weighted by Gasteiger charge is -2.29. The van der Waals surface area contributed by atoms with Crippen LogP contribution in [-0.4, -0.2) is 53.0 Å². The van der Waals surface area contributed by atoms with E-state index in [0.717, 1.165) is 5.56 Å². The van der Waals surface area contributed by atoms with E-state index in [9.17, 15) is 9.59 Å². The van der Waals surface area contributed by atoms with Crippen LogP contribution in [0.1, 0.15) is 18.5 Å². The highest BCUT2D eigenvalue weighted by molar-refractivity contribution is 5.78. The van der Waals surface area contributed by atoms with Gasteiger partial charge in [0, 0.05) is 38.4 Å². The molecule has 3 rings (SSSR count). The van der Waals surface area contributed by atoms with E-state index in [1.807, 2.05) is 35.2 Å². The largest absolute Gasteiger partial charge is 0.387 e. The molecular weight excluding hydrogens is 268 g/mol. The molecule has 1 aromatic rings. The van der Waals surface area contributed by atoms with Gasteiger partial charge in [0.15, 0.2) is 0 Å². The molecule has 0 saturated carbocycles. The van der Waals surface area contributed by atoms with E-state index < -0.39 is 6.61 Å². The minimum atomic E-state index is -0.439. The lowest BCUT2D eigenvalue weighted by Crippen LogP contribution is -2.37.